The monoisotopic (exact) mass is 448 g/mol. The number of anilines is 1. The third kappa shape index (κ3) is 6.00. The summed E-state index contributed by atoms with van der Waals surface area (Å²) in [6, 6.07) is 9.62. The molecule has 1 aliphatic rings. The second-order valence-corrected chi connectivity index (χ2v) is 8.35. The maximum atomic E-state index is 6.37. The Bertz CT molecular complexity index is 864. The first-order chi connectivity index (χ1) is 14.5. The van der Waals surface area contributed by atoms with Crippen molar-refractivity contribution in [3.63, 3.8) is 0 Å². The van der Waals surface area contributed by atoms with Crippen LogP contribution in [-0.2, 0) is 6.54 Å². The van der Waals surface area contributed by atoms with E-state index in [9.17, 15) is 0 Å². The van der Waals surface area contributed by atoms with Gasteiger partial charge in [0.25, 0.3) is 0 Å². The van der Waals surface area contributed by atoms with Crippen LogP contribution in [0.4, 0.5) is 5.82 Å². The summed E-state index contributed by atoms with van der Waals surface area (Å²) in [4.78, 5) is 14.2. The van der Waals surface area contributed by atoms with Crippen molar-refractivity contribution in [1.82, 2.24) is 20.5 Å². The normalized spacial score (nSPS) is 16.4. The second kappa shape index (κ2) is 10.8. The topological polar surface area (TPSA) is 55.8 Å². The zero-order valence-electron chi connectivity index (χ0n) is 17.8. The Balaban J connectivity index is 1.73. The van der Waals surface area contributed by atoms with Crippen molar-refractivity contribution in [1.29, 1.82) is 0 Å². The number of aromatic nitrogens is 1. The smallest absolute Gasteiger partial charge is 0.192 e. The SMILES string of the molecule is CCNC(=NCc1cccnc1N1CCN(C)CC1)NC(C)c1ccc(Cl)cc1Cl. The average molecular weight is 449 g/mol. The highest BCUT2D eigenvalue weighted by Gasteiger charge is 2.18. The molecule has 1 aromatic heterocycles. The predicted octanol–water partition coefficient (Wildman–Crippen LogP) is 3.96. The third-order valence-electron chi connectivity index (χ3n) is 5.20. The maximum absolute atomic E-state index is 6.37. The van der Waals surface area contributed by atoms with Gasteiger partial charge in [0.15, 0.2) is 5.96 Å². The molecule has 1 aliphatic heterocycles. The highest BCUT2D eigenvalue weighted by atomic mass is 35.5. The third-order valence-corrected chi connectivity index (χ3v) is 5.77. The Hall–Kier alpha value is -2.02. The summed E-state index contributed by atoms with van der Waals surface area (Å²) in [7, 11) is 2.16. The highest BCUT2D eigenvalue weighted by Crippen LogP contribution is 2.26. The summed E-state index contributed by atoms with van der Waals surface area (Å²) in [5.74, 6) is 1.77. The fourth-order valence-electron chi connectivity index (χ4n) is 3.48. The van der Waals surface area contributed by atoms with Gasteiger partial charge in [0, 0.05) is 54.5 Å². The average Bonchev–Trinajstić information content (AvgIpc) is 2.73. The zero-order valence-corrected chi connectivity index (χ0v) is 19.3. The van der Waals surface area contributed by atoms with Crippen LogP contribution in [-0.4, -0.2) is 55.6 Å². The van der Waals surface area contributed by atoms with Crippen molar-refractivity contribution in [3.8, 4) is 0 Å². The van der Waals surface area contributed by atoms with E-state index in [1.807, 2.05) is 24.4 Å². The van der Waals surface area contributed by atoms with Crippen molar-refractivity contribution in [3.05, 3.63) is 57.7 Å². The fourth-order valence-corrected chi connectivity index (χ4v) is 4.05. The van der Waals surface area contributed by atoms with E-state index in [2.05, 4.69) is 52.4 Å². The standard InChI is InChI=1S/C22H30Cl2N6/c1-4-25-22(28-16(2)19-8-7-18(23)14-20(19)24)27-15-17-6-5-9-26-21(17)30-12-10-29(3)11-13-30/h5-9,14,16H,4,10-13,15H2,1-3H3,(H2,25,27,28). The molecule has 162 valence electrons. The van der Waals surface area contributed by atoms with E-state index in [4.69, 9.17) is 28.2 Å². The Morgan fingerprint density at radius 1 is 1.20 bits per heavy atom. The van der Waals surface area contributed by atoms with Gasteiger partial charge in [-0.1, -0.05) is 35.3 Å². The van der Waals surface area contributed by atoms with Crippen LogP contribution in [0.5, 0.6) is 0 Å². The molecule has 0 aliphatic carbocycles. The number of nitrogens with zero attached hydrogens (tertiary/aromatic N) is 4. The number of hydrogen-bond donors (Lipinski definition) is 2. The lowest BCUT2D eigenvalue weighted by Gasteiger charge is -2.34. The van der Waals surface area contributed by atoms with Gasteiger partial charge >= 0.3 is 0 Å². The van der Waals surface area contributed by atoms with Crippen LogP contribution >= 0.6 is 23.2 Å². The van der Waals surface area contributed by atoms with Crippen LogP contribution in [0.2, 0.25) is 10.0 Å². The molecule has 2 heterocycles. The number of benzene rings is 1. The lowest BCUT2D eigenvalue weighted by atomic mass is 10.1. The minimum Gasteiger partial charge on any atom is -0.357 e. The second-order valence-electron chi connectivity index (χ2n) is 7.50. The molecule has 1 unspecified atom stereocenters. The summed E-state index contributed by atoms with van der Waals surface area (Å²) in [5.41, 5.74) is 2.10. The molecule has 1 fully saturated rings. The molecule has 0 bridgehead atoms. The number of rotatable bonds is 6. The van der Waals surface area contributed by atoms with E-state index in [-0.39, 0.29) is 6.04 Å². The Labute approximate surface area is 189 Å². The number of pyridine rings is 1. The summed E-state index contributed by atoms with van der Waals surface area (Å²) in [6.07, 6.45) is 1.86. The van der Waals surface area contributed by atoms with Crippen molar-refractivity contribution < 1.29 is 0 Å². The summed E-state index contributed by atoms with van der Waals surface area (Å²) in [6.45, 7) is 9.48. The van der Waals surface area contributed by atoms with Crippen LogP contribution in [0, 0.1) is 0 Å². The van der Waals surface area contributed by atoms with Gasteiger partial charge in [-0.25, -0.2) is 9.98 Å². The molecule has 0 amide bonds. The Morgan fingerprint density at radius 2 is 1.97 bits per heavy atom. The van der Waals surface area contributed by atoms with Crippen molar-refractivity contribution in [2.24, 2.45) is 4.99 Å². The van der Waals surface area contributed by atoms with E-state index >= 15 is 0 Å². The lowest BCUT2D eigenvalue weighted by Crippen LogP contribution is -2.45. The summed E-state index contributed by atoms with van der Waals surface area (Å²) in [5, 5.41) is 8.03. The van der Waals surface area contributed by atoms with Crippen molar-refractivity contribution in [2.45, 2.75) is 26.4 Å². The van der Waals surface area contributed by atoms with E-state index in [1.165, 1.54) is 0 Å². The summed E-state index contributed by atoms with van der Waals surface area (Å²) < 4.78 is 0. The molecular weight excluding hydrogens is 419 g/mol. The molecule has 2 N–H and O–H groups in total. The zero-order chi connectivity index (χ0) is 21.5. The highest BCUT2D eigenvalue weighted by molar-refractivity contribution is 6.35. The van der Waals surface area contributed by atoms with Gasteiger partial charge in [0.2, 0.25) is 0 Å². The first-order valence-corrected chi connectivity index (χ1v) is 11.1. The number of halogens is 2. The lowest BCUT2D eigenvalue weighted by molar-refractivity contribution is 0.312. The molecule has 0 spiro atoms. The number of hydrogen-bond acceptors (Lipinski definition) is 4. The fraction of sp³-hybridized carbons (Fsp3) is 0.455. The first kappa shape index (κ1) is 22.7. The van der Waals surface area contributed by atoms with Gasteiger partial charge < -0.3 is 20.4 Å². The first-order valence-electron chi connectivity index (χ1n) is 10.3. The van der Waals surface area contributed by atoms with Gasteiger partial charge in [0.1, 0.15) is 5.82 Å². The van der Waals surface area contributed by atoms with Crippen LogP contribution in [0.15, 0.2) is 41.5 Å². The molecule has 2 aromatic rings. The van der Waals surface area contributed by atoms with Crippen LogP contribution in [0.1, 0.15) is 31.0 Å². The van der Waals surface area contributed by atoms with Gasteiger partial charge in [-0.2, -0.15) is 0 Å². The molecule has 8 heteroatoms. The molecule has 3 rings (SSSR count). The number of piperazine rings is 1. The van der Waals surface area contributed by atoms with E-state index in [0.29, 0.717) is 16.6 Å². The van der Waals surface area contributed by atoms with Gasteiger partial charge in [-0.05, 0) is 44.7 Å². The quantitative estimate of drug-likeness (QED) is 0.517. The molecule has 1 atom stereocenters. The molecular formula is C22H30Cl2N6. The Kier molecular flexibility index (Phi) is 8.19. The van der Waals surface area contributed by atoms with Gasteiger partial charge in [-0.15, -0.1) is 0 Å². The van der Waals surface area contributed by atoms with Crippen LogP contribution in [0.25, 0.3) is 0 Å². The van der Waals surface area contributed by atoms with Crippen LogP contribution in [0.3, 0.4) is 0 Å². The minimum absolute atomic E-state index is 0.0152. The molecule has 30 heavy (non-hydrogen) atoms. The van der Waals surface area contributed by atoms with Gasteiger partial charge in [-0.3, -0.25) is 0 Å². The molecule has 0 saturated carbocycles. The van der Waals surface area contributed by atoms with E-state index < -0.39 is 0 Å². The number of aliphatic imine (C=N–C) groups is 1. The van der Waals surface area contributed by atoms with Crippen LogP contribution < -0.4 is 15.5 Å². The predicted molar refractivity (Wildman–Crippen MR) is 127 cm³/mol. The largest absolute Gasteiger partial charge is 0.357 e. The van der Waals surface area contributed by atoms with Crippen molar-refractivity contribution in [2.75, 3.05) is 44.7 Å². The molecule has 1 saturated heterocycles. The maximum Gasteiger partial charge on any atom is 0.192 e. The number of likely N-dealkylation sites (N-methyl/N-ethyl adjacent to an activating group) is 1. The van der Waals surface area contributed by atoms with E-state index in [1.54, 1.807) is 6.07 Å². The Morgan fingerprint density at radius 3 is 2.67 bits per heavy atom. The minimum atomic E-state index is -0.0152. The van der Waals surface area contributed by atoms with E-state index in [0.717, 1.165) is 55.6 Å². The molecule has 0 radical (unpaired) electrons. The number of nitrogens with one attached hydrogen (secondary N) is 2. The molecule has 1 aromatic carbocycles. The number of guanidine groups is 1. The van der Waals surface area contributed by atoms with Crippen molar-refractivity contribution >= 4 is 35.0 Å². The molecule has 6 nitrogen and oxygen atoms in total. The summed E-state index contributed by atoms with van der Waals surface area (Å²) >= 11 is 12.4. The van der Waals surface area contributed by atoms with Gasteiger partial charge in [0.05, 0.1) is 12.6 Å².